The number of piperidine rings is 1. The summed E-state index contributed by atoms with van der Waals surface area (Å²) >= 11 is 5.74. The normalized spacial score (nSPS) is 15.8. The number of halogens is 2. The molecule has 6 heteroatoms. The van der Waals surface area contributed by atoms with Gasteiger partial charge in [0.1, 0.15) is 5.82 Å². The SMILES string of the molecule is O=C(CCN1CCC(c2c[nH]c3ccccc23)CC1)Nc1ccc(Cl)cc1F. The molecule has 2 N–H and O–H groups in total. The first-order chi connectivity index (χ1) is 13.6. The predicted octanol–water partition coefficient (Wildman–Crippen LogP) is 5.17. The molecule has 146 valence electrons. The molecule has 1 amide bonds. The largest absolute Gasteiger partial charge is 0.361 e. The summed E-state index contributed by atoms with van der Waals surface area (Å²) in [6, 6.07) is 12.7. The molecule has 0 saturated carbocycles. The number of hydrogen-bond acceptors (Lipinski definition) is 2. The molecule has 2 heterocycles. The fourth-order valence-electron chi connectivity index (χ4n) is 3.96. The van der Waals surface area contributed by atoms with Crippen LogP contribution in [0.4, 0.5) is 10.1 Å². The average molecular weight is 400 g/mol. The van der Waals surface area contributed by atoms with E-state index in [9.17, 15) is 9.18 Å². The van der Waals surface area contributed by atoms with Crippen molar-refractivity contribution in [3.8, 4) is 0 Å². The number of anilines is 1. The molecule has 1 saturated heterocycles. The Hall–Kier alpha value is -2.37. The predicted molar refractivity (Wildman–Crippen MR) is 111 cm³/mol. The van der Waals surface area contributed by atoms with Crippen LogP contribution in [0.25, 0.3) is 10.9 Å². The van der Waals surface area contributed by atoms with Crippen molar-refractivity contribution in [2.75, 3.05) is 25.0 Å². The van der Waals surface area contributed by atoms with Crippen molar-refractivity contribution >= 4 is 34.1 Å². The minimum atomic E-state index is -0.514. The van der Waals surface area contributed by atoms with Crippen molar-refractivity contribution in [3.63, 3.8) is 0 Å². The van der Waals surface area contributed by atoms with Gasteiger partial charge in [0.15, 0.2) is 0 Å². The zero-order valence-corrected chi connectivity index (χ0v) is 16.3. The van der Waals surface area contributed by atoms with Gasteiger partial charge < -0.3 is 15.2 Å². The molecule has 0 spiro atoms. The van der Waals surface area contributed by atoms with Crippen LogP contribution in [-0.2, 0) is 4.79 Å². The Balaban J connectivity index is 1.27. The third-order valence-electron chi connectivity index (χ3n) is 5.51. The van der Waals surface area contributed by atoms with Crippen molar-refractivity contribution in [2.24, 2.45) is 0 Å². The van der Waals surface area contributed by atoms with Gasteiger partial charge in [-0.1, -0.05) is 29.8 Å². The summed E-state index contributed by atoms with van der Waals surface area (Å²) in [5.41, 5.74) is 2.75. The lowest BCUT2D eigenvalue weighted by molar-refractivity contribution is -0.116. The molecular formula is C22H23ClFN3O. The Labute approximate surface area is 168 Å². The maximum atomic E-state index is 13.8. The molecule has 4 nitrogen and oxygen atoms in total. The fraction of sp³-hybridized carbons (Fsp3) is 0.318. The maximum Gasteiger partial charge on any atom is 0.225 e. The van der Waals surface area contributed by atoms with Crippen molar-refractivity contribution < 1.29 is 9.18 Å². The van der Waals surface area contributed by atoms with Crippen molar-refractivity contribution in [3.05, 3.63) is 65.1 Å². The highest BCUT2D eigenvalue weighted by Crippen LogP contribution is 2.33. The molecule has 0 atom stereocenters. The van der Waals surface area contributed by atoms with Crippen molar-refractivity contribution in [1.82, 2.24) is 9.88 Å². The second-order valence-electron chi connectivity index (χ2n) is 7.33. The number of aromatic nitrogens is 1. The molecule has 0 unspecified atom stereocenters. The van der Waals surface area contributed by atoms with Crippen LogP contribution in [0.15, 0.2) is 48.7 Å². The molecule has 0 radical (unpaired) electrons. The molecule has 4 rings (SSSR count). The summed E-state index contributed by atoms with van der Waals surface area (Å²) in [6.07, 6.45) is 4.64. The Morgan fingerprint density at radius 1 is 1.21 bits per heavy atom. The summed E-state index contributed by atoms with van der Waals surface area (Å²) in [4.78, 5) is 17.8. The van der Waals surface area contributed by atoms with E-state index in [1.807, 2.05) is 6.07 Å². The van der Waals surface area contributed by atoms with Gasteiger partial charge in [-0.3, -0.25) is 4.79 Å². The molecule has 1 aliphatic rings. The average Bonchev–Trinajstić information content (AvgIpc) is 3.13. The number of H-pyrrole nitrogens is 1. The summed E-state index contributed by atoms with van der Waals surface area (Å²) in [5.74, 6) is -0.148. The summed E-state index contributed by atoms with van der Waals surface area (Å²) < 4.78 is 13.8. The van der Waals surface area contributed by atoms with Gasteiger partial charge in [0.25, 0.3) is 0 Å². The maximum absolute atomic E-state index is 13.8. The summed E-state index contributed by atoms with van der Waals surface area (Å²) in [6.45, 7) is 2.61. The van der Waals surface area contributed by atoms with Crippen LogP contribution in [0, 0.1) is 5.82 Å². The number of carbonyl (C=O) groups is 1. The van der Waals surface area contributed by atoms with Gasteiger partial charge >= 0.3 is 0 Å². The van der Waals surface area contributed by atoms with Crippen LogP contribution < -0.4 is 5.32 Å². The minimum absolute atomic E-state index is 0.174. The molecular weight excluding hydrogens is 377 g/mol. The lowest BCUT2D eigenvalue weighted by Crippen LogP contribution is -2.35. The van der Waals surface area contributed by atoms with Gasteiger partial charge in [-0.15, -0.1) is 0 Å². The molecule has 1 fully saturated rings. The number of rotatable bonds is 5. The molecule has 1 aromatic heterocycles. The van der Waals surface area contributed by atoms with E-state index < -0.39 is 5.82 Å². The van der Waals surface area contributed by atoms with Gasteiger partial charge in [0.05, 0.1) is 5.69 Å². The van der Waals surface area contributed by atoms with Crippen LogP contribution in [0.3, 0.4) is 0 Å². The lowest BCUT2D eigenvalue weighted by Gasteiger charge is -2.31. The third kappa shape index (κ3) is 4.21. The number of para-hydroxylation sites is 1. The van der Waals surface area contributed by atoms with E-state index in [-0.39, 0.29) is 11.6 Å². The van der Waals surface area contributed by atoms with Crippen molar-refractivity contribution in [2.45, 2.75) is 25.2 Å². The second-order valence-corrected chi connectivity index (χ2v) is 7.76. The first kappa shape index (κ1) is 19.0. The molecule has 2 aromatic carbocycles. The monoisotopic (exact) mass is 399 g/mol. The highest BCUT2D eigenvalue weighted by atomic mass is 35.5. The Morgan fingerprint density at radius 2 is 2.00 bits per heavy atom. The second kappa shape index (κ2) is 8.33. The minimum Gasteiger partial charge on any atom is -0.361 e. The van der Waals surface area contributed by atoms with Crippen LogP contribution >= 0.6 is 11.6 Å². The van der Waals surface area contributed by atoms with Gasteiger partial charge in [-0.2, -0.15) is 0 Å². The van der Waals surface area contributed by atoms with E-state index in [0.29, 0.717) is 23.9 Å². The van der Waals surface area contributed by atoms with Gasteiger partial charge in [0.2, 0.25) is 5.91 Å². The van der Waals surface area contributed by atoms with Crippen LogP contribution in [0.5, 0.6) is 0 Å². The van der Waals surface area contributed by atoms with E-state index in [1.165, 1.54) is 28.6 Å². The van der Waals surface area contributed by atoms with E-state index >= 15 is 0 Å². The summed E-state index contributed by atoms with van der Waals surface area (Å²) in [7, 11) is 0. The number of benzene rings is 2. The number of carbonyl (C=O) groups excluding carboxylic acids is 1. The first-order valence-electron chi connectivity index (χ1n) is 9.63. The number of nitrogens with zero attached hydrogens (tertiary/aromatic N) is 1. The zero-order chi connectivity index (χ0) is 19.5. The summed E-state index contributed by atoms with van der Waals surface area (Å²) in [5, 5.41) is 4.25. The number of hydrogen-bond donors (Lipinski definition) is 2. The number of amides is 1. The lowest BCUT2D eigenvalue weighted by atomic mass is 9.89. The molecule has 0 bridgehead atoms. The molecule has 0 aliphatic carbocycles. The number of likely N-dealkylation sites (tertiary alicyclic amines) is 1. The first-order valence-corrected chi connectivity index (χ1v) is 10.0. The van der Waals surface area contributed by atoms with E-state index in [0.717, 1.165) is 25.9 Å². The van der Waals surface area contributed by atoms with Gasteiger partial charge in [-0.05, 0) is 61.7 Å². The van der Waals surface area contributed by atoms with Crippen LogP contribution in [0.2, 0.25) is 5.02 Å². The molecule has 1 aliphatic heterocycles. The third-order valence-corrected chi connectivity index (χ3v) is 5.74. The molecule has 3 aromatic rings. The van der Waals surface area contributed by atoms with E-state index in [2.05, 4.69) is 39.6 Å². The number of nitrogens with one attached hydrogen (secondary N) is 2. The van der Waals surface area contributed by atoms with Gasteiger partial charge in [0, 0.05) is 35.1 Å². The Bertz CT molecular complexity index is 979. The number of aromatic amines is 1. The highest BCUT2D eigenvalue weighted by Gasteiger charge is 2.23. The topological polar surface area (TPSA) is 48.1 Å². The van der Waals surface area contributed by atoms with Crippen LogP contribution in [-0.4, -0.2) is 35.4 Å². The van der Waals surface area contributed by atoms with Crippen molar-refractivity contribution in [1.29, 1.82) is 0 Å². The quantitative estimate of drug-likeness (QED) is 0.621. The fourth-order valence-corrected chi connectivity index (χ4v) is 4.12. The van der Waals surface area contributed by atoms with E-state index in [4.69, 9.17) is 11.6 Å². The zero-order valence-electron chi connectivity index (χ0n) is 15.6. The van der Waals surface area contributed by atoms with Gasteiger partial charge in [-0.25, -0.2) is 4.39 Å². The molecule has 28 heavy (non-hydrogen) atoms. The van der Waals surface area contributed by atoms with Crippen LogP contribution in [0.1, 0.15) is 30.7 Å². The smallest absolute Gasteiger partial charge is 0.225 e. The number of fused-ring (bicyclic) bond motifs is 1. The Morgan fingerprint density at radius 3 is 2.79 bits per heavy atom. The standard InChI is InChI=1S/C22H23ClFN3O/c23-16-5-6-21(19(24)13-16)26-22(28)9-12-27-10-7-15(8-11-27)18-14-25-20-4-2-1-3-17(18)20/h1-6,13-15,25H,7-12H2,(H,26,28). The Kier molecular flexibility index (Phi) is 5.64. The van der Waals surface area contributed by atoms with E-state index in [1.54, 1.807) is 6.07 Å². The highest BCUT2D eigenvalue weighted by molar-refractivity contribution is 6.30.